The van der Waals surface area contributed by atoms with Crippen LogP contribution < -0.4 is 16.6 Å². The van der Waals surface area contributed by atoms with Gasteiger partial charge >= 0.3 is 0 Å². The van der Waals surface area contributed by atoms with Gasteiger partial charge in [-0.2, -0.15) is 4.98 Å². The van der Waals surface area contributed by atoms with Gasteiger partial charge in [-0.15, -0.1) is 11.3 Å². The second kappa shape index (κ2) is 4.86. The van der Waals surface area contributed by atoms with E-state index in [1.807, 2.05) is 0 Å². The molecule has 5 nitrogen and oxygen atoms in total. The molecule has 2 aromatic heterocycles. The van der Waals surface area contributed by atoms with E-state index in [1.54, 1.807) is 11.3 Å². The van der Waals surface area contributed by atoms with E-state index in [9.17, 15) is 0 Å². The first kappa shape index (κ1) is 13.6. The minimum absolute atomic E-state index is 0.470. The number of aryl methyl sites for hydroxylation is 1. The van der Waals surface area contributed by atoms with Crippen LogP contribution in [0.15, 0.2) is 6.07 Å². The fraction of sp³-hybridized carbons (Fsp3) is 0.571. The fourth-order valence-electron chi connectivity index (χ4n) is 2.49. The normalized spacial score (nSPS) is 20.1. The van der Waals surface area contributed by atoms with Gasteiger partial charge in [-0.25, -0.2) is 10.8 Å². The molecular formula is C14H21N5S. The summed E-state index contributed by atoms with van der Waals surface area (Å²) in [5.41, 5.74) is 3.02. The summed E-state index contributed by atoms with van der Waals surface area (Å²) in [6, 6.07) is 2.18. The van der Waals surface area contributed by atoms with Gasteiger partial charge in [0.25, 0.3) is 0 Å². The van der Waals surface area contributed by atoms with Gasteiger partial charge < -0.3 is 5.32 Å². The quantitative estimate of drug-likeness (QED) is 0.583. The number of nitrogens with one attached hydrogen (secondary N) is 2. The SMILES string of the molecule is CCc1cc2c(NCC3CC3(C)C)nc(NN)nc2s1. The molecule has 108 valence electrons. The Hall–Kier alpha value is -1.40. The van der Waals surface area contributed by atoms with Crippen molar-refractivity contribution < 1.29 is 0 Å². The van der Waals surface area contributed by atoms with Crippen molar-refractivity contribution in [2.24, 2.45) is 17.2 Å². The zero-order valence-corrected chi connectivity index (χ0v) is 13.0. The van der Waals surface area contributed by atoms with Crippen LogP contribution in [0, 0.1) is 11.3 Å². The molecule has 0 spiro atoms. The van der Waals surface area contributed by atoms with Crippen LogP contribution >= 0.6 is 11.3 Å². The summed E-state index contributed by atoms with van der Waals surface area (Å²) in [5, 5.41) is 4.58. The van der Waals surface area contributed by atoms with Crippen LogP contribution in [0.1, 0.15) is 32.1 Å². The van der Waals surface area contributed by atoms with Crippen molar-refractivity contribution in [1.82, 2.24) is 9.97 Å². The number of hydrazine groups is 1. The molecule has 2 heterocycles. The second-order valence-corrected chi connectivity index (χ2v) is 7.21. The van der Waals surface area contributed by atoms with Gasteiger partial charge in [0.05, 0.1) is 5.39 Å². The smallest absolute Gasteiger partial charge is 0.240 e. The monoisotopic (exact) mass is 291 g/mol. The summed E-state index contributed by atoms with van der Waals surface area (Å²) in [5.74, 6) is 7.55. The minimum Gasteiger partial charge on any atom is -0.369 e. The number of thiophene rings is 1. The van der Waals surface area contributed by atoms with Gasteiger partial charge in [-0.1, -0.05) is 20.8 Å². The van der Waals surface area contributed by atoms with Crippen LogP contribution in [0.2, 0.25) is 0 Å². The standard InChI is InChI=1S/C14H21N5S/c1-4-9-5-10-11(16-7-8-6-14(8,2)3)17-13(19-15)18-12(10)20-9/h5,8H,4,6-7,15H2,1-3H3,(H2,16,17,18,19). The first-order valence-electron chi connectivity index (χ1n) is 7.04. The largest absolute Gasteiger partial charge is 0.369 e. The fourth-order valence-corrected chi connectivity index (χ4v) is 3.46. The minimum atomic E-state index is 0.470. The third-order valence-electron chi connectivity index (χ3n) is 4.15. The molecule has 3 rings (SSSR count). The number of nitrogens with two attached hydrogens (primary N) is 1. The van der Waals surface area contributed by atoms with Crippen LogP contribution in [0.25, 0.3) is 10.2 Å². The lowest BCUT2D eigenvalue weighted by atomic mass is 10.1. The lowest BCUT2D eigenvalue weighted by molar-refractivity contribution is 0.573. The van der Waals surface area contributed by atoms with Gasteiger partial charge in [0.15, 0.2) is 0 Å². The molecule has 1 atom stereocenters. The lowest BCUT2D eigenvalue weighted by Crippen LogP contribution is -2.13. The van der Waals surface area contributed by atoms with Crippen molar-refractivity contribution in [2.45, 2.75) is 33.6 Å². The summed E-state index contributed by atoms with van der Waals surface area (Å²) in [6.45, 7) is 7.73. The van der Waals surface area contributed by atoms with Crippen molar-refractivity contribution in [1.29, 1.82) is 0 Å². The third kappa shape index (κ3) is 2.45. The summed E-state index contributed by atoms with van der Waals surface area (Å²) in [7, 11) is 0. The highest BCUT2D eigenvalue weighted by Gasteiger charge is 2.45. The number of rotatable bonds is 5. The zero-order chi connectivity index (χ0) is 14.3. The highest BCUT2D eigenvalue weighted by molar-refractivity contribution is 7.18. The molecule has 0 aromatic carbocycles. The van der Waals surface area contributed by atoms with E-state index in [2.05, 4.69) is 47.5 Å². The van der Waals surface area contributed by atoms with Gasteiger partial charge in [-0.3, -0.25) is 5.43 Å². The number of fused-ring (bicyclic) bond motifs is 1. The Morgan fingerprint density at radius 3 is 2.80 bits per heavy atom. The summed E-state index contributed by atoms with van der Waals surface area (Å²) in [4.78, 5) is 11.2. The van der Waals surface area contributed by atoms with E-state index in [0.29, 0.717) is 11.4 Å². The molecule has 1 fully saturated rings. The van der Waals surface area contributed by atoms with E-state index in [4.69, 9.17) is 5.84 Å². The predicted molar refractivity (Wildman–Crippen MR) is 85.0 cm³/mol. The van der Waals surface area contributed by atoms with E-state index >= 15 is 0 Å². The number of nitrogens with zero attached hydrogens (tertiary/aromatic N) is 2. The Morgan fingerprint density at radius 2 is 2.20 bits per heavy atom. The zero-order valence-electron chi connectivity index (χ0n) is 12.2. The highest BCUT2D eigenvalue weighted by atomic mass is 32.1. The molecular weight excluding hydrogens is 270 g/mol. The summed E-state index contributed by atoms with van der Waals surface area (Å²) in [6.07, 6.45) is 2.29. The number of anilines is 2. The Balaban J connectivity index is 1.89. The second-order valence-electron chi connectivity index (χ2n) is 6.10. The Bertz CT molecular complexity index is 634. The molecule has 0 radical (unpaired) electrons. The van der Waals surface area contributed by atoms with Crippen LogP contribution in [0.5, 0.6) is 0 Å². The summed E-state index contributed by atoms with van der Waals surface area (Å²) < 4.78 is 0. The van der Waals surface area contributed by atoms with E-state index in [-0.39, 0.29) is 0 Å². The molecule has 1 aliphatic rings. The van der Waals surface area contributed by atoms with Crippen LogP contribution in [0.4, 0.5) is 11.8 Å². The number of hydrogen-bond donors (Lipinski definition) is 3. The number of nitrogen functional groups attached to an aromatic ring is 1. The number of hydrogen-bond acceptors (Lipinski definition) is 6. The Morgan fingerprint density at radius 1 is 1.45 bits per heavy atom. The molecule has 20 heavy (non-hydrogen) atoms. The Kier molecular flexibility index (Phi) is 3.30. The Labute approximate surface area is 123 Å². The van der Waals surface area contributed by atoms with E-state index < -0.39 is 0 Å². The lowest BCUT2D eigenvalue weighted by Gasteiger charge is -2.09. The average molecular weight is 291 g/mol. The molecule has 0 bridgehead atoms. The highest BCUT2D eigenvalue weighted by Crippen LogP contribution is 2.51. The van der Waals surface area contributed by atoms with Crippen LogP contribution in [-0.2, 0) is 6.42 Å². The maximum absolute atomic E-state index is 5.46. The maximum Gasteiger partial charge on any atom is 0.240 e. The first-order chi connectivity index (χ1) is 9.53. The van der Waals surface area contributed by atoms with Gasteiger partial charge in [0.1, 0.15) is 10.6 Å². The molecule has 4 N–H and O–H groups in total. The van der Waals surface area contributed by atoms with Crippen LogP contribution in [0.3, 0.4) is 0 Å². The summed E-state index contributed by atoms with van der Waals surface area (Å²) >= 11 is 1.70. The van der Waals surface area contributed by atoms with Gasteiger partial charge in [0, 0.05) is 11.4 Å². The predicted octanol–water partition coefficient (Wildman–Crippen LogP) is 3.00. The van der Waals surface area contributed by atoms with Gasteiger partial charge in [0.2, 0.25) is 5.95 Å². The molecule has 0 saturated heterocycles. The number of aromatic nitrogens is 2. The van der Waals surface area contributed by atoms with Crippen molar-refractivity contribution in [3.05, 3.63) is 10.9 Å². The molecule has 0 amide bonds. The van der Waals surface area contributed by atoms with Crippen LogP contribution in [-0.4, -0.2) is 16.5 Å². The average Bonchev–Trinajstić information content (AvgIpc) is 2.86. The molecule has 1 unspecified atom stereocenters. The van der Waals surface area contributed by atoms with Crippen molar-refractivity contribution >= 4 is 33.3 Å². The third-order valence-corrected chi connectivity index (χ3v) is 5.33. The molecule has 6 heteroatoms. The molecule has 1 saturated carbocycles. The molecule has 2 aromatic rings. The molecule has 1 aliphatic carbocycles. The van der Waals surface area contributed by atoms with E-state index in [0.717, 1.165) is 34.9 Å². The first-order valence-corrected chi connectivity index (χ1v) is 7.86. The van der Waals surface area contributed by atoms with E-state index in [1.165, 1.54) is 11.3 Å². The van der Waals surface area contributed by atoms with Crippen molar-refractivity contribution in [3.63, 3.8) is 0 Å². The topological polar surface area (TPSA) is 75.9 Å². The van der Waals surface area contributed by atoms with Crippen molar-refractivity contribution in [2.75, 3.05) is 17.3 Å². The maximum atomic E-state index is 5.46. The van der Waals surface area contributed by atoms with Crippen molar-refractivity contribution in [3.8, 4) is 0 Å². The molecule has 0 aliphatic heterocycles. The van der Waals surface area contributed by atoms with Gasteiger partial charge in [-0.05, 0) is 30.2 Å².